The number of nitrogens with two attached hydrogens (primary N) is 1. The minimum Gasteiger partial charge on any atom is -0.329 e. The molecule has 1 atom stereocenters. The van der Waals surface area contributed by atoms with Crippen LogP contribution < -0.4 is 5.73 Å². The quantitative estimate of drug-likeness (QED) is 0.654. The van der Waals surface area contributed by atoms with Crippen LogP contribution in [0.1, 0.15) is 65.7 Å². The van der Waals surface area contributed by atoms with Crippen molar-refractivity contribution in [3.8, 4) is 0 Å². The lowest BCUT2D eigenvalue weighted by atomic mass is 9.88. The van der Waals surface area contributed by atoms with Crippen LogP contribution in [-0.2, 0) is 0 Å². The van der Waals surface area contributed by atoms with Crippen LogP contribution in [0.3, 0.4) is 0 Å². The van der Waals surface area contributed by atoms with Gasteiger partial charge in [-0.05, 0) is 38.6 Å². The van der Waals surface area contributed by atoms with Crippen LogP contribution in [0.5, 0.6) is 0 Å². The average molecular weight is 226 g/mol. The molecule has 2 N–H and O–H groups in total. The lowest BCUT2D eigenvalue weighted by Crippen LogP contribution is -2.54. The van der Waals surface area contributed by atoms with Gasteiger partial charge in [-0.15, -0.1) is 0 Å². The molecule has 0 saturated heterocycles. The van der Waals surface area contributed by atoms with Crippen molar-refractivity contribution in [2.75, 3.05) is 13.1 Å². The van der Waals surface area contributed by atoms with Gasteiger partial charge < -0.3 is 5.73 Å². The summed E-state index contributed by atoms with van der Waals surface area (Å²) in [6, 6.07) is 0.849. The normalized spacial score (nSPS) is 20.1. The van der Waals surface area contributed by atoms with Gasteiger partial charge in [0.05, 0.1) is 0 Å². The first-order valence-electron chi connectivity index (χ1n) is 7.20. The summed E-state index contributed by atoms with van der Waals surface area (Å²) in [7, 11) is 0. The van der Waals surface area contributed by atoms with Gasteiger partial charge in [0.15, 0.2) is 0 Å². The van der Waals surface area contributed by atoms with Crippen LogP contribution >= 0.6 is 0 Å². The van der Waals surface area contributed by atoms with E-state index < -0.39 is 0 Å². The molecule has 0 amide bonds. The monoisotopic (exact) mass is 226 g/mol. The molecule has 1 aliphatic carbocycles. The SMILES string of the molecule is CCCCN(C1CC1)C(CC)(CN)CCC. The highest BCUT2D eigenvalue weighted by Gasteiger charge is 2.41. The maximum absolute atomic E-state index is 6.10. The Morgan fingerprint density at radius 1 is 1.19 bits per heavy atom. The maximum Gasteiger partial charge on any atom is 0.0331 e. The third-order valence-electron chi connectivity index (χ3n) is 4.10. The highest BCUT2D eigenvalue weighted by Crippen LogP contribution is 2.36. The van der Waals surface area contributed by atoms with E-state index in [1.54, 1.807) is 0 Å². The minimum absolute atomic E-state index is 0.297. The number of rotatable bonds is 9. The molecule has 0 bridgehead atoms. The molecule has 1 fully saturated rings. The molecule has 1 rings (SSSR count). The molecule has 1 unspecified atom stereocenters. The van der Waals surface area contributed by atoms with E-state index in [4.69, 9.17) is 5.73 Å². The van der Waals surface area contributed by atoms with Gasteiger partial charge in [-0.25, -0.2) is 0 Å². The molecule has 0 spiro atoms. The molecule has 1 aliphatic rings. The van der Waals surface area contributed by atoms with Gasteiger partial charge in [-0.3, -0.25) is 4.90 Å². The first-order valence-corrected chi connectivity index (χ1v) is 7.20. The molecule has 0 aromatic carbocycles. The van der Waals surface area contributed by atoms with Gasteiger partial charge in [0.25, 0.3) is 0 Å². The number of unbranched alkanes of at least 4 members (excludes halogenated alkanes) is 1. The molecule has 2 heteroatoms. The zero-order chi connectivity index (χ0) is 12.0. The Hall–Kier alpha value is -0.0800. The molecule has 1 saturated carbocycles. The standard InChI is InChI=1S/C14H30N2/c1-4-7-11-16(13-8-9-13)14(6-3,12-15)10-5-2/h13H,4-12,15H2,1-3H3. The van der Waals surface area contributed by atoms with E-state index in [2.05, 4.69) is 25.7 Å². The molecule has 96 valence electrons. The molecule has 0 radical (unpaired) electrons. The van der Waals surface area contributed by atoms with E-state index in [1.165, 1.54) is 51.5 Å². The fourth-order valence-corrected chi connectivity index (χ4v) is 2.87. The summed E-state index contributed by atoms with van der Waals surface area (Å²) < 4.78 is 0. The second-order valence-corrected chi connectivity index (χ2v) is 5.31. The molecule has 0 aliphatic heterocycles. The Kier molecular flexibility index (Phi) is 5.77. The fraction of sp³-hybridized carbons (Fsp3) is 1.00. The third kappa shape index (κ3) is 3.21. The predicted octanol–water partition coefficient (Wildman–Crippen LogP) is 3.16. The number of hydrogen-bond acceptors (Lipinski definition) is 2. The van der Waals surface area contributed by atoms with E-state index in [0.29, 0.717) is 5.54 Å². The third-order valence-corrected chi connectivity index (χ3v) is 4.10. The van der Waals surface area contributed by atoms with Crippen LogP contribution in [0, 0.1) is 0 Å². The maximum atomic E-state index is 6.10. The summed E-state index contributed by atoms with van der Waals surface area (Å²) >= 11 is 0. The topological polar surface area (TPSA) is 29.3 Å². The number of nitrogens with zero attached hydrogens (tertiary/aromatic N) is 1. The predicted molar refractivity (Wildman–Crippen MR) is 71.6 cm³/mol. The zero-order valence-electron chi connectivity index (χ0n) is 11.5. The molecule has 0 aromatic rings. The Bertz CT molecular complexity index is 183. The van der Waals surface area contributed by atoms with Crippen LogP contribution in [0.2, 0.25) is 0 Å². The van der Waals surface area contributed by atoms with Crippen LogP contribution in [0.15, 0.2) is 0 Å². The molecule has 16 heavy (non-hydrogen) atoms. The highest BCUT2D eigenvalue weighted by atomic mass is 15.3. The van der Waals surface area contributed by atoms with Crippen molar-refractivity contribution in [2.45, 2.75) is 77.3 Å². The lowest BCUT2D eigenvalue weighted by molar-refractivity contribution is 0.0693. The molecule has 0 heterocycles. The van der Waals surface area contributed by atoms with Gasteiger partial charge in [0.2, 0.25) is 0 Å². The van der Waals surface area contributed by atoms with Crippen molar-refractivity contribution in [3.05, 3.63) is 0 Å². The number of hydrogen-bond donors (Lipinski definition) is 1. The highest BCUT2D eigenvalue weighted by molar-refractivity contribution is 4.98. The smallest absolute Gasteiger partial charge is 0.0331 e. The fourth-order valence-electron chi connectivity index (χ4n) is 2.87. The van der Waals surface area contributed by atoms with Gasteiger partial charge in [-0.2, -0.15) is 0 Å². The Morgan fingerprint density at radius 3 is 2.25 bits per heavy atom. The summed E-state index contributed by atoms with van der Waals surface area (Å²) in [4.78, 5) is 2.75. The van der Waals surface area contributed by atoms with E-state index in [-0.39, 0.29) is 0 Å². The Morgan fingerprint density at radius 2 is 1.88 bits per heavy atom. The van der Waals surface area contributed by atoms with Crippen LogP contribution in [0.25, 0.3) is 0 Å². The van der Waals surface area contributed by atoms with E-state index >= 15 is 0 Å². The molecular formula is C14H30N2. The Balaban J connectivity index is 2.68. The van der Waals surface area contributed by atoms with E-state index in [9.17, 15) is 0 Å². The van der Waals surface area contributed by atoms with Gasteiger partial charge >= 0.3 is 0 Å². The van der Waals surface area contributed by atoms with E-state index in [0.717, 1.165) is 12.6 Å². The van der Waals surface area contributed by atoms with Crippen LogP contribution in [0.4, 0.5) is 0 Å². The van der Waals surface area contributed by atoms with Crippen LogP contribution in [-0.4, -0.2) is 29.6 Å². The minimum atomic E-state index is 0.297. The van der Waals surface area contributed by atoms with Gasteiger partial charge in [0, 0.05) is 18.1 Å². The molecular weight excluding hydrogens is 196 g/mol. The average Bonchev–Trinajstić information content (AvgIpc) is 3.12. The first kappa shape index (κ1) is 14.0. The van der Waals surface area contributed by atoms with E-state index in [1.807, 2.05) is 0 Å². The lowest BCUT2D eigenvalue weighted by Gasteiger charge is -2.43. The summed E-state index contributed by atoms with van der Waals surface area (Å²) in [5, 5.41) is 0. The second-order valence-electron chi connectivity index (χ2n) is 5.31. The van der Waals surface area contributed by atoms with Gasteiger partial charge in [-0.1, -0.05) is 33.6 Å². The second kappa shape index (κ2) is 6.61. The summed E-state index contributed by atoms with van der Waals surface area (Å²) in [6.45, 7) is 8.96. The summed E-state index contributed by atoms with van der Waals surface area (Å²) in [5.74, 6) is 0. The summed E-state index contributed by atoms with van der Waals surface area (Å²) in [6.07, 6.45) is 9.13. The van der Waals surface area contributed by atoms with Crippen molar-refractivity contribution in [3.63, 3.8) is 0 Å². The van der Waals surface area contributed by atoms with Gasteiger partial charge in [0.1, 0.15) is 0 Å². The first-order chi connectivity index (χ1) is 7.74. The Labute approximate surface area is 102 Å². The van der Waals surface area contributed by atoms with Crippen molar-refractivity contribution in [2.24, 2.45) is 5.73 Å². The molecule has 0 aromatic heterocycles. The van der Waals surface area contributed by atoms with Crippen molar-refractivity contribution >= 4 is 0 Å². The van der Waals surface area contributed by atoms with Crippen molar-refractivity contribution in [1.82, 2.24) is 4.90 Å². The van der Waals surface area contributed by atoms with Crippen molar-refractivity contribution < 1.29 is 0 Å². The summed E-state index contributed by atoms with van der Waals surface area (Å²) in [5.41, 5.74) is 6.40. The molecule has 2 nitrogen and oxygen atoms in total. The van der Waals surface area contributed by atoms with Crippen molar-refractivity contribution in [1.29, 1.82) is 0 Å². The zero-order valence-corrected chi connectivity index (χ0v) is 11.5. The largest absolute Gasteiger partial charge is 0.329 e.